The van der Waals surface area contributed by atoms with Crippen LogP contribution >= 0.6 is 0 Å². The normalized spacial score (nSPS) is 11.8. The number of nitrogens with zero attached hydrogens (tertiary/aromatic N) is 6. The molecule has 0 saturated heterocycles. The van der Waals surface area contributed by atoms with Gasteiger partial charge < -0.3 is 0 Å². The number of rotatable bonds is 9. The van der Waals surface area contributed by atoms with Crippen molar-refractivity contribution < 1.29 is 8.78 Å². The summed E-state index contributed by atoms with van der Waals surface area (Å²) < 4.78 is 29.2. The van der Waals surface area contributed by atoms with Crippen LogP contribution < -0.4 is 0 Å². The molecule has 32 heavy (non-hydrogen) atoms. The zero-order chi connectivity index (χ0) is 22.6. The molecule has 0 aliphatic heterocycles. The third-order valence-corrected chi connectivity index (χ3v) is 5.23. The van der Waals surface area contributed by atoms with E-state index >= 15 is 0 Å². The molecule has 1 N–H and O–H groups in total. The van der Waals surface area contributed by atoms with Crippen molar-refractivity contribution in [1.29, 1.82) is 0 Å². The highest BCUT2D eigenvalue weighted by Gasteiger charge is 2.31. The first-order chi connectivity index (χ1) is 15.4. The van der Waals surface area contributed by atoms with E-state index in [-0.39, 0.29) is 0 Å². The van der Waals surface area contributed by atoms with Gasteiger partial charge in [-0.3, -0.25) is 0 Å². The molecule has 0 spiro atoms. The number of benzene rings is 2. The summed E-state index contributed by atoms with van der Waals surface area (Å²) in [6.07, 6.45) is 3.63. The quantitative estimate of drug-likeness (QED) is 0.372. The van der Waals surface area contributed by atoms with E-state index < -0.39 is 11.7 Å². The van der Waals surface area contributed by atoms with Gasteiger partial charge in [-0.2, -0.15) is 14.0 Å². The van der Waals surface area contributed by atoms with Crippen LogP contribution in [0.4, 0.5) is 8.78 Å². The SMILES string of the molecule is CCCCCc1nc(C(C)(F)F)nn1Cc1ccc(-c2cccc(-c3nn[nH]n3)c2)cc1. The Labute approximate surface area is 184 Å². The minimum absolute atomic E-state index is 0.397. The van der Waals surface area contributed by atoms with Crippen molar-refractivity contribution >= 4 is 0 Å². The number of halogens is 2. The standard InChI is InChI=1S/C23H25F2N7/c1-3-4-5-9-20-26-22(23(2,24)25)29-32(20)15-16-10-12-17(13-11-16)18-7-6-8-19(14-18)21-27-30-31-28-21/h6-8,10-14H,3-5,9,15H2,1-2H3,(H,27,28,30,31). The summed E-state index contributed by atoms with van der Waals surface area (Å²) in [5.74, 6) is -2.34. The fourth-order valence-electron chi connectivity index (χ4n) is 3.50. The van der Waals surface area contributed by atoms with E-state index in [1.807, 2.05) is 48.5 Å². The summed E-state index contributed by atoms with van der Waals surface area (Å²) in [5.41, 5.74) is 3.89. The van der Waals surface area contributed by atoms with Crippen LogP contribution in [0.2, 0.25) is 0 Å². The molecule has 0 aliphatic carbocycles. The van der Waals surface area contributed by atoms with Gasteiger partial charge in [-0.05, 0) is 34.4 Å². The number of nitrogens with one attached hydrogen (secondary N) is 1. The molecular weight excluding hydrogens is 412 g/mol. The lowest BCUT2D eigenvalue weighted by atomic mass is 10.0. The van der Waals surface area contributed by atoms with Crippen LogP contribution in [-0.4, -0.2) is 35.4 Å². The summed E-state index contributed by atoms with van der Waals surface area (Å²) in [6.45, 7) is 3.34. The van der Waals surface area contributed by atoms with Crippen LogP contribution in [0.1, 0.15) is 50.3 Å². The Hall–Kier alpha value is -3.49. The van der Waals surface area contributed by atoms with Gasteiger partial charge in [0.15, 0.2) is 0 Å². The second-order valence-electron chi connectivity index (χ2n) is 7.87. The Kier molecular flexibility index (Phi) is 6.34. The highest BCUT2D eigenvalue weighted by molar-refractivity contribution is 5.70. The minimum Gasteiger partial charge on any atom is -0.245 e. The number of H-pyrrole nitrogens is 1. The summed E-state index contributed by atoms with van der Waals surface area (Å²) in [4.78, 5) is 4.13. The minimum atomic E-state index is -3.06. The number of aromatic nitrogens is 7. The molecule has 0 saturated carbocycles. The monoisotopic (exact) mass is 437 g/mol. The lowest BCUT2D eigenvalue weighted by Gasteiger charge is -2.08. The topological polar surface area (TPSA) is 85.2 Å². The first-order valence-corrected chi connectivity index (χ1v) is 10.7. The van der Waals surface area contributed by atoms with E-state index in [1.165, 1.54) is 0 Å². The second kappa shape index (κ2) is 9.33. The fraction of sp³-hybridized carbons (Fsp3) is 0.348. The third-order valence-electron chi connectivity index (χ3n) is 5.23. The maximum absolute atomic E-state index is 13.8. The Bertz CT molecular complexity index is 1150. The largest absolute Gasteiger partial charge is 0.305 e. The number of tetrazole rings is 1. The average Bonchev–Trinajstić information content (AvgIpc) is 3.45. The van der Waals surface area contributed by atoms with Crippen molar-refractivity contribution in [1.82, 2.24) is 35.4 Å². The second-order valence-corrected chi connectivity index (χ2v) is 7.87. The van der Waals surface area contributed by atoms with Crippen LogP contribution in [0.15, 0.2) is 48.5 Å². The van der Waals surface area contributed by atoms with Gasteiger partial charge in [0.25, 0.3) is 0 Å². The number of alkyl halides is 2. The Morgan fingerprint density at radius 2 is 1.78 bits per heavy atom. The van der Waals surface area contributed by atoms with Gasteiger partial charge in [0.1, 0.15) is 5.82 Å². The van der Waals surface area contributed by atoms with Crippen molar-refractivity contribution in [2.45, 2.75) is 52.0 Å². The molecule has 4 rings (SSSR count). The smallest absolute Gasteiger partial charge is 0.245 e. The molecule has 2 heterocycles. The number of aryl methyl sites for hydroxylation is 1. The molecule has 166 valence electrons. The molecule has 2 aromatic carbocycles. The van der Waals surface area contributed by atoms with Gasteiger partial charge in [-0.15, -0.1) is 15.3 Å². The highest BCUT2D eigenvalue weighted by atomic mass is 19.3. The summed E-state index contributed by atoms with van der Waals surface area (Å²) in [5, 5.41) is 18.2. The van der Waals surface area contributed by atoms with Crippen LogP contribution in [0.25, 0.3) is 22.5 Å². The molecule has 0 unspecified atom stereocenters. The molecular formula is C23H25F2N7. The summed E-state index contributed by atoms with van der Waals surface area (Å²) in [7, 11) is 0. The molecule has 0 bridgehead atoms. The molecule has 0 aliphatic rings. The van der Waals surface area contributed by atoms with Crippen LogP contribution in [0, 0.1) is 0 Å². The molecule has 0 amide bonds. The maximum Gasteiger partial charge on any atom is 0.305 e. The lowest BCUT2D eigenvalue weighted by Crippen LogP contribution is -2.11. The molecule has 0 atom stereocenters. The van der Waals surface area contributed by atoms with Crippen LogP contribution in [0.3, 0.4) is 0 Å². The first-order valence-electron chi connectivity index (χ1n) is 10.7. The molecule has 0 fully saturated rings. The number of aromatic amines is 1. The zero-order valence-electron chi connectivity index (χ0n) is 18.1. The average molecular weight is 437 g/mol. The maximum atomic E-state index is 13.8. The molecule has 4 aromatic rings. The van der Waals surface area contributed by atoms with E-state index in [4.69, 9.17) is 0 Å². The molecule has 2 aromatic heterocycles. The Morgan fingerprint density at radius 3 is 2.47 bits per heavy atom. The number of hydrogen-bond donors (Lipinski definition) is 1. The van der Waals surface area contributed by atoms with E-state index in [0.29, 0.717) is 24.6 Å². The summed E-state index contributed by atoms with van der Waals surface area (Å²) >= 11 is 0. The molecule has 7 nitrogen and oxygen atoms in total. The van der Waals surface area contributed by atoms with E-state index in [9.17, 15) is 8.78 Å². The summed E-state index contributed by atoms with van der Waals surface area (Å²) in [6, 6.07) is 15.9. The van der Waals surface area contributed by atoms with Gasteiger partial charge in [-0.25, -0.2) is 9.67 Å². The van der Waals surface area contributed by atoms with Gasteiger partial charge >= 0.3 is 5.92 Å². The predicted octanol–water partition coefficient (Wildman–Crippen LogP) is 5.02. The van der Waals surface area contributed by atoms with Gasteiger partial charge in [-0.1, -0.05) is 62.2 Å². The highest BCUT2D eigenvalue weighted by Crippen LogP contribution is 2.26. The number of hydrogen-bond acceptors (Lipinski definition) is 5. The van der Waals surface area contributed by atoms with Crippen LogP contribution in [0.5, 0.6) is 0 Å². The molecule has 0 radical (unpaired) electrons. The van der Waals surface area contributed by atoms with E-state index in [0.717, 1.165) is 48.4 Å². The zero-order valence-corrected chi connectivity index (χ0v) is 18.1. The van der Waals surface area contributed by atoms with Crippen molar-refractivity contribution in [3.63, 3.8) is 0 Å². The van der Waals surface area contributed by atoms with E-state index in [1.54, 1.807) is 4.68 Å². The van der Waals surface area contributed by atoms with Gasteiger partial charge in [0.2, 0.25) is 11.6 Å². The fourth-order valence-corrected chi connectivity index (χ4v) is 3.50. The van der Waals surface area contributed by atoms with Crippen LogP contribution in [-0.2, 0) is 18.9 Å². The van der Waals surface area contributed by atoms with E-state index in [2.05, 4.69) is 37.6 Å². The Balaban J connectivity index is 1.54. The molecule has 9 heteroatoms. The van der Waals surface area contributed by atoms with Crippen molar-refractivity contribution in [3.05, 3.63) is 65.7 Å². The number of unbranched alkanes of at least 4 members (excludes halogenated alkanes) is 2. The van der Waals surface area contributed by atoms with Gasteiger partial charge in [0, 0.05) is 18.9 Å². The predicted molar refractivity (Wildman–Crippen MR) is 117 cm³/mol. The first kappa shape index (κ1) is 21.7. The lowest BCUT2D eigenvalue weighted by molar-refractivity contribution is 0.00756. The van der Waals surface area contributed by atoms with Crippen molar-refractivity contribution in [2.75, 3.05) is 0 Å². The third kappa shape index (κ3) is 5.04. The van der Waals surface area contributed by atoms with Crippen molar-refractivity contribution in [3.8, 4) is 22.5 Å². The van der Waals surface area contributed by atoms with Crippen molar-refractivity contribution in [2.24, 2.45) is 0 Å². The Morgan fingerprint density at radius 1 is 1.00 bits per heavy atom. The van der Waals surface area contributed by atoms with Gasteiger partial charge in [0.05, 0.1) is 6.54 Å².